The van der Waals surface area contributed by atoms with Crippen LogP contribution in [-0.4, -0.2) is 180 Å². The lowest BCUT2D eigenvalue weighted by molar-refractivity contribution is 0.0366. The molecule has 0 aliphatic carbocycles. The van der Waals surface area contributed by atoms with Gasteiger partial charge < -0.3 is 51.2 Å². The first kappa shape index (κ1) is 73.8. The van der Waals surface area contributed by atoms with Crippen molar-refractivity contribution in [1.82, 2.24) is 25.2 Å². The van der Waals surface area contributed by atoms with Crippen LogP contribution in [0.3, 0.4) is 0 Å². The van der Waals surface area contributed by atoms with Crippen molar-refractivity contribution in [3.8, 4) is 11.5 Å². The Balaban J connectivity index is 0.898. The first-order valence-electron chi connectivity index (χ1n) is 29.8. The number of guanidine groups is 1. The molecule has 0 spiro atoms. The smallest absolute Gasteiger partial charge is 0.296 e. The lowest BCUT2D eigenvalue weighted by Gasteiger charge is -2.27. The molecule has 8 aromatic carbocycles. The molecule has 9 aromatic rings. The van der Waals surface area contributed by atoms with Crippen molar-refractivity contribution in [3.63, 3.8) is 0 Å². The molecular weight excluding hydrogens is 1480 g/mol. The van der Waals surface area contributed by atoms with Crippen LogP contribution in [0.15, 0.2) is 188 Å². The van der Waals surface area contributed by atoms with E-state index in [9.17, 15) is 88.0 Å². The number of benzene rings is 8. The summed E-state index contributed by atoms with van der Waals surface area (Å²) in [6.45, 7) is 2.00. The Morgan fingerprint density at radius 2 is 0.922 bits per heavy atom. The predicted octanol–water partition coefficient (Wildman–Crippen LogP) is 8.11. The van der Waals surface area contributed by atoms with Crippen LogP contribution in [0.25, 0.3) is 33.7 Å². The van der Waals surface area contributed by atoms with Crippen LogP contribution in [0, 0.1) is 0 Å². The molecule has 0 bridgehead atoms. The van der Waals surface area contributed by atoms with Crippen LogP contribution in [0.1, 0.15) is 11.1 Å². The summed E-state index contributed by atoms with van der Waals surface area (Å²) in [6.07, 6.45) is 2.20. The van der Waals surface area contributed by atoms with Crippen molar-refractivity contribution < 1.29 is 97.5 Å². The molecule has 13 N–H and O–H groups in total. The Morgan fingerprint density at radius 1 is 0.476 bits per heavy atom. The van der Waals surface area contributed by atoms with Crippen LogP contribution in [0.4, 0.5) is 63.3 Å². The van der Waals surface area contributed by atoms with Gasteiger partial charge in [0.25, 0.3) is 60.7 Å². The van der Waals surface area contributed by atoms with Crippen molar-refractivity contribution in [2.24, 2.45) is 25.4 Å². The molecule has 43 heteroatoms. The number of fused-ring (bicyclic) bond motifs is 2. The number of phenolic OH excluding ortho intramolecular Hbond substituents is 2. The number of hydrogen-bond donors (Lipinski definition) is 13. The van der Waals surface area contributed by atoms with E-state index in [1.54, 1.807) is 41.3 Å². The minimum Gasteiger partial charge on any atom is -0.505 e. The summed E-state index contributed by atoms with van der Waals surface area (Å²) >= 11 is 0. The monoisotopic (exact) mass is 1530 g/mol. The molecule has 37 nitrogen and oxygen atoms in total. The van der Waals surface area contributed by atoms with Gasteiger partial charge in [-0.25, -0.2) is 4.99 Å². The molecule has 0 saturated carbocycles. The van der Waals surface area contributed by atoms with Gasteiger partial charge in [0, 0.05) is 48.3 Å². The number of morpholine rings is 2. The number of ether oxygens (including phenoxy) is 2. The Bertz CT molecular complexity index is 5680. The van der Waals surface area contributed by atoms with Crippen LogP contribution < -0.4 is 31.5 Å². The summed E-state index contributed by atoms with van der Waals surface area (Å²) in [5.41, 5.74) is -2.47. The van der Waals surface area contributed by atoms with E-state index in [0.717, 1.165) is 60.7 Å². The van der Waals surface area contributed by atoms with E-state index in [4.69, 9.17) is 9.47 Å². The lowest BCUT2D eigenvalue weighted by atomic mass is 10.1. The molecule has 2 aliphatic rings. The van der Waals surface area contributed by atoms with Gasteiger partial charge >= 0.3 is 0 Å². The molecule has 0 atom stereocenters. The zero-order valence-electron chi connectivity index (χ0n) is 52.6. The zero-order chi connectivity index (χ0) is 73.8. The Kier molecular flexibility index (Phi) is 21.4. The number of aliphatic imine (C=N–C) groups is 1. The van der Waals surface area contributed by atoms with Crippen molar-refractivity contribution in [3.05, 3.63) is 145 Å². The number of nitrogens with zero attached hydrogens (tertiary/aromatic N) is 10. The second kappa shape index (κ2) is 29.9. The average Bonchev–Trinajstić information content (AvgIpc) is 0.753. The summed E-state index contributed by atoms with van der Waals surface area (Å²) in [6, 6.07) is 27.6. The van der Waals surface area contributed by atoms with Crippen molar-refractivity contribution in [2.45, 2.75) is 29.4 Å². The maximum absolute atomic E-state index is 13.2. The third-order valence-corrected chi connectivity index (χ3v) is 20.5. The standard InChI is InChI=1S/C60H57N15O22S6/c76-55-51-37(27-49(102(90,91)92)53(55)72-70-39-7-3-1-4-8-39)25-43(98(78,79)80)31-45(51)65-57(63-34-74-17-21-96-22-18-74)62-33-61-41-15-13-35(47(29-41)100(84,85)86)11-12-36-14-16-42(30-48(36)101(87,88)89)64-58-67-59(69-60(68-58)75-19-23-97-24-20-75)66-46-32-44(99(81,82)83)26-38-28-50(103(93,94)95)54(56(77)52(38)46)73-71-40-9-5-2-6-10-40/h1-16,25-32,61,76-77H,17-24,33-34H2,(H2,62,63,65)(H,78,79,80)(H,81,82,83)(H,84,85,86)(H,87,88,89)(H,90,91,92)(H,93,94,95)(H2,64,66,67,68,69)/b12-11-,72-70?,73-71?. The Hall–Kier alpha value is -10.4. The quantitative estimate of drug-likeness (QED) is 0.00945. The van der Waals surface area contributed by atoms with Crippen LogP contribution in [-0.2, 0) is 70.2 Å². The first-order valence-corrected chi connectivity index (χ1v) is 38.4. The number of phenols is 2. The third-order valence-electron chi connectivity index (χ3n) is 15.2. The number of aromatic nitrogens is 3. The van der Waals surface area contributed by atoms with Gasteiger partial charge in [0.15, 0.2) is 17.5 Å². The number of aromatic hydroxyl groups is 2. The summed E-state index contributed by atoms with van der Waals surface area (Å²) in [5, 5.41) is 52.3. The number of azo groups is 2. The third kappa shape index (κ3) is 18.1. The topological polar surface area (TPSA) is 552 Å². The van der Waals surface area contributed by atoms with Crippen molar-refractivity contribution in [2.75, 3.05) is 92.1 Å². The summed E-state index contributed by atoms with van der Waals surface area (Å²) in [7, 11) is -31.0. The van der Waals surface area contributed by atoms with Gasteiger partial charge in [-0.3, -0.25) is 32.2 Å². The van der Waals surface area contributed by atoms with Crippen LogP contribution in [0.2, 0.25) is 0 Å². The highest BCUT2D eigenvalue weighted by Gasteiger charge is 2.30. The van der Waals surface area contributed by atoms with Crippen molar-refractivity contribution in [1.29, 1.82) is 0 Å². The molecule has 540 valence electrons. The van der Waals surface area contributed by atoms with E-state index in [1.807, 2.05) is 4.90 Å². The van der Waals surface area contributed by atoms with Gasteiger partial charge in [0.2, 0.25) is 17.8 Å². The molecule has 0 unspecified atom stereocenters. The minimum atomic E-state index is -5.23. The van der Waals surface area contributed by atoms with E-state index >= 15 is 0 Å². The highest BCUT2D eigenvalue weighted by molar-refractivity contribution is 7.87. The number of anilines is 7. The fraction of sp³-hybridized carbons (Fsp3) is 0.167. The van der Waals surface area contributed by atoms with Gasteiger partial charge in [-0.2, -0.15) is 75.7 Å². The number of hydrogen-bond acceptors (Lipinski definition) is 29. The van der Waals surface area contributed by atoms with E-state index in [2.05, 4.69) is 67.0 Å². The minimum absolute atomic E-state index is 0.00506. The molecule has 2 aliphatic heterocycles. The van der Waals surface area contributed by atoms with Crippen LogP contribution in [0.5, 0.6) is 11.5 Å². The first-order chi connectivity index (χ1) is 48.6. The second-order valence-electron chi connectivity index (χ2n) is 22.2. The van der Waals surface area contributed by atoms with E-state index in [-0.39, 0.29) is 112 Å². The summed E-state index contributed by atoms with van der Waals surface area (Å²) in [4.78, 5) is 16.2. The molecule has 11 rings (SSSR count). The average molecular weight is 1530 g/mol. The Labute approximate surface area is 585 Å². The van der Waals surface area contributed by atoms with Crippen LogP contribution >= 0.6 is 0 Å². The van der Waals surface area contributed by atoms with E-state index in [1.165, 1.54) is 48.5 Å². The van der Waals surface area contributed by atoms with Gasteiger partial charge in [0.05, 0.1) is 65.6 Å². The van der Waals surface area contributed by atoms with Gasteiger partial charge in [-0.1, -0.05) is 60.7 Å². The maximum atomic E-state index is 13.2. The largest absolute Gasteiger partial charge is 0.505 e. The van der Waals surface area contributed by atoms with Gasteiger partial charge in [-0.15, -0.1) is 10.2 Å². The highest BCUT2D eigenvalue weighted by atomic mass is 32.2. The molecule has 3 heterocycles. The molecule has 0 amide bonds. The molecule has 1 aromatic heterocycles. The lowest BCUT2D eigenvalue weighted by Crippen LogP contribution is -2.45. The molecule has 0 radical (unpaired) electrons. The SMILES string of the molecule is O=S(=O)(O)c1cc(NC(=NCNc2ccc(/C=C\c3ccc(Nc4nc(Nc5cc(S(=O)(=O)O)cc6cc(S(=O)(=O)O)c(N=Nc7ccccc7)c(O)c56)nc(N5CCOCC5)n4)cc3S(=O)(=O)O)c(S(=O)(=O)O)c2)NCN2CCOCC2)c2c(O)c(N=Nc3ccccc3)c(S(=O)(=O)O)cc2c1. The highest BCUT2D eigenvalue weighted by Crippen LogP contribution is 2.48. The second-order valence-corrected chi connectivity index (χ2v) is 30.6. The predicted molar refractivity (Wildman–Crippen MR) is 373 cm³/mol. The molecule has 103 heavy (non-hydrogen) atoms. The number of rotatable bonds is 23. The summed E-state index contributed by atoms with van der Waals surface area (Å²) in [5.74, 6) is -2.90. The number of nitrogens with one attached hydrogen (secondary N) is 5. The van der Waals surface area contributed by atoms with E-state index < -0.39 is 131 Å². The van der Waals surface area contributed by atoms with Crippen molar-refractivity contribution >= 4 is 164 Å². The Morgan fingerprint density at radius 3 is 1.41 bits per heavy atom. The molecule has 2 saturated heterocycles. The zero-order valence-corrected chi connectivity index (χ0v) is 57.5. The van der Waals surface area contributed by atoms with E-state index in [0.29, 0.717) is 26.3 Å². The molecular formula is C60H57N15O22S6. The normalized spacial score (nSPS) is 14.8. The fourth-order valence-electron chi connectivity index (χ4n) is 10.4. The molecule has 2 fully saturated rings. The fourth-order valence-corrected chi connectivity index (χ4v) is 14.2. The van der Waals surface area contributed by atoms with Gasteiger partial charge in [0.1, 0.15) is 37.6 Å². The maximum Gasteiger partial charge on any atom is 0.296 e. The summed E-state index contributed by atoms with van der Waals surface area (Å²) < 4.78 is 227. The van der Waals surface area contributed by atoms with Gasteiger partial charge in [-0.05, 0) is 107 Å².